The molecule has 0 unspecified atom stereocenters. The van der Waals surface area contributed by atoms with Crippen molar-refractivity contribution in [2.75, 3.05) is 12.0 Å². The van der Waals surface area contributed by atoms with Crippen molar-refractivity contribution in [1.29, 1.82) is 0 Å². The smallest absolute Gasteiger partial charge is 0.340 e. The number of sulfonamides is 1. The van der Waals surface area contributed by atoms with Crippen LogP contribution in [-0.2, 0) is 30.9 Å². The number of hydrogen-bond donors (Lipinski definition) is 1. The van der Waals surface area contributed by atoms with Crippen molar-refractivity contribution in [2.24, 2.45) is 0 Å². The fraction of sp³-hybridized carbons (Fsp3) is 0.120. The van der Waals surface area contributed by atoms with Gasteiger partial charge in [-0.3, -0.25) is 9.69 Å². The highest BCUT2D eigenvalue weighted by molar-refractivity contribution is 9.10. The van der Waals surface area contributed by atoms with Gasteiger partial charge >= 0.3 is 5.97 Å². The van der Waals surface area contributed by atoms with Gasteiger partial charge in [0.15, 0.2) is 0 Å². The van der Waals surface area contributed by atoms with Crippen LogP contribution in [0.4, 0.5) is 5.69 Å². The van der Waals surface area contributed by atoms with E-state index in [-0.39, 0.29) is 28.3 Å². The molecule has 1 aromatic heterocycles. The molecular formula is C25H20BrClN2O6S. The van der Waals surface area contributed by atoms with Crippen LogP contribution in [0.1, 0.15) is 18.4 Å². The summed E-state index contributed by atoms with van der Waals surface area (Å²) in [5.41, 5.74) is 1.21. The van der Waals surface area contributed by atoms with Crippen molar-refractivity contribution in [3.8, 4) is 0 Å². The van der Waals surface area contributed by atoms with Crippen LogP contribution in [0, 0.1) is 0 Å². The van der Waals surface area contributed by atoms with Gasteiger partial charge < -0.3 is 9.15 Å². The van der Waals surface area contributed by atoms with E-state index in [1.807, 2.05) is 6.07 Å². The lowest BCUT2D eigenvalue weighted by Crippen LogP contribution is -2.24. The molecule has 36 heavy (non-hydrogen) atoms. The first-order chi connectivity index (χ1) is 17.1. The van der Waals surface area contributed by atoms with E-state index in [9.17, 15) is 18.0 Å². The Kier molecular flexibility index (Phi) is 7.51. The van der Waals surface area contributed by atoms with Crippen molar-refractivity contribution >= 4 is 61.2 Å². The Balaban J connectivity index is 1.60. The number of hydrogen-bond acceptors (Lipinski definition) is 6. The molecule has 11 heteroatoms. The highest BCUT2D eigenvalue weighted by Gasteiger charge is 2.38. The van der Waals surface area contributed by atoms with Crippen molar-refractivity contribution in [3.63, 3.8) is 0 Å². The highest BCUT2D eigenvalue weighted by Crippen LogP contribution is 2.36. The molecule has 1 aliphatic heterocycles. The molecule has 1 N–H and O–H groups in total. The number of halogens is 2. The topological polar surface area (TPSA) is 106 Å². The van der Waals surface area contributed by atoms with Crippen LogP contribution in [0.3, 0.4) is 0 Å². The summed E-state index contributed by atoms with van der Waals surface area (Å²) in [6, 6.07) is 16.0. The summed E-state index contributed by atoms with van der Waals surface area (Å²) in [5, 5.41) is 0.424. The molecular weight excluding hydrogens is 572 g/mol. The average Bonchev–Trinajstić information content (AvgIpc) is 3.39. The summed E-state index contributed by atoms with van der Waals surface area (Å²) in [6.45, 7) is 1.54. The summed E-state index contributed by atoms with van der Waals surface area (Å²) in [4.78, 5) is 27.4. The molecule has 3 aromatic rings. The number of carbonyl (C=O) groups excluding carboxylic acids is 2. The summed E-state index contributed by atoms with van der Waals surface area (Å²) in [7, 11) is -2.55. The van der Waals surface area contributed by atoms with Gasteiger partial charge in [-0.2, -0.15) is 0 Å². The van der Waals surface area contributed by atoms with E-state index in [4.69, 9.17) is 20.8 Å². The third-order valence-corrected chi connectivity index (χ3v) is 7.55. The van der Waals surface area contributed by atoms with Gasteiger partial charge in [-0.05, 0) is 67.6 Å². The zero-order valence-electron chi connectivity index (χ0n) is 19.1. The number of amides is 1. The van der Waals surface area contributed by atoms with Gasteiger partial charge in [-0.1, -0.05) is 33.6 Å². The van der Waals surface area contributed by atoms with Gasteiger partial charge in [0.25, 0.3) is 5.91 Å². The summed E-state index contributed by atoms with van der Waals surface area (Å²) < 4.78 is 38.9. The van der Waals surface area contributed by atoms with Crippen molar-refractivity contribution in [2.45, 2.75) is 18.4 Å². The van der Waals surface area contributed by atoms with E-state index in [0.29, 0.717) is 22.2 Å². The number of nitrogens with zero attached hydrogens (tertiary/aromatic N) is 1. The molecule has 0 aliphatic carbocycles. The lowest BCUT2D eigenvalue weighted by Gasteiger charge is -2.18. The standard InChI is InChI=1S/C25H20BrClN2O6S/c1-15-23(25(31)34-2)22(24(30)29(15)18-5-3-4-16(26)12-18)13-19-8-9-20(35-19)14-28-36(32,33)21-10-6-17(27)7-11-21/h3-13,28H,14H2,1-2H3/b22-13+. The van der Waals surface area contributed by atoms with Gasteiger partial charge in [-0.15, -0.1) is 0 Å². The number of esters is 1. The van der Waals surface area contributed by atoms with Crippen LogP contribution >= 0.6 is 27.5 Å². The monoisotopic (exact) mass is 590 g/mol. The quantitative estimate of drug-likeness (QED) is 0.304. The average molecular weight is 592 g/mol. The first kappa shape index (κ1) is 25.9. The number of furan rings is 1. The first-order valence-electron chi connectivity index (χ1n) is 10.6. The van der Waals surface area contributed by atoms with Crippen LogP contribution in [0.5, 0.6) is 0 Å². The first-order valence-corrected chi connectivity index (χ1v) is 13.2. The molecule has 0 spiro atoms. The zero-order valence-corrected chi connectivity index (χ0v) is 22.3. The number of nitrogens with one attached hydrogen (secondary N) is 1. The van der Waals surface area contributed by atoms with Gasteiger partial charge in [0.1, 0.15) is 11.5 Å². The second-order valence-corrected chi connectivity index (χ2v) is 10.8. The fourth-order valence-electron chi connectivity index (χ4n) is 3.68. The molecule has 0 radical (unpaired) electrons. The number of methoxy groups -OCH3 is 1. The number of allylic oxidation sites excluding steroid dienone is 1. The molecule has 4 rings (SSSR count). The molecule has 2 aromatic carbocycles. The molecule has 186 valence electrons. The van der Waals surface area contributed by atoms with Crippen LogP contribution in [0.2, 0.25) is 5.02 Å². The molecule has 0 bridgehead atoms. The van der Waals surface area contributed by atoms with E-state index in [1.165, 1.54) is 42.4 Å². The maximum Gasteiger partial charge on any atom is 0.340 e. The van der Waals surface area contributed by atoms with Crippen molar-refractivity contribution < 1.29 is 27.2 Å². The third-order valence-electron chi connectivity index (χ3n) is 5.39. The molecule has 0 saturated heterocycles. The lowest BCUT2D eigenvalue weighted by atomic mass is 10.1. The second-order valence-electron chi connectivity index (χ2n) is 7.71. The van der Waals surface area contributed by atoms with Crippen LogP contribution < -0.4 is 9.62 Å². The Labute approximate surface area is 221 Å². The normalized spacial score (nSPS) is 15.2. The Morgan fingerprint density at radius 3 is 2.56 bits per heavy atom. The minimum absolute atomic E-state index is 0.0633. The Morgan fingerprint density at radius 1 is 1.17 bits per heavy atom. The Hall–Kier alpha value is -3.18. The Bertz CT molecular complexity index is 1510. The van der Waals surface area contributed by atoms with Gasteiger partial charge in [0.05, 0.1) is 35.4 Å². The number of anilines is 1. The van der Waals surface area contributed by atoms with Gasteiger partial charge in [0, 0.05) is 15.2 Å². The van der Waals surface area contributed by atoms with Crippen molar-refractivity contribution in [1.82, 2.24) is 4.72 Å². The molecule has 0 fully saturated rings. The number of ether oxygens (including phenoxy) is 1. The molecule has 8 nitrogen and oxygen atoms in total. The molecule has 0 atom stereocenters. The largest absolute Gasteiger partial charge is 0.465 e. The maximum atomic E-state index is 13.4. The van der Waals surface area contributed by atoms with Gasteiger partial charge in [-0.25, -0.2) is 17.9 Å². The van der Waals surface area contributed by atoms with E-state index < -0.39 is 21.9 Å². The molecule has 1 amide bonds. The van der Waals surface area contributed by atoms with E-state index >= 15 is 0 Å². The highest BCUT2D eigenvalue weighted by atomic mass is 79.9. The number of carbonyl (C=O) groups is 2. The molecule has 1 aliphatic rings. The lowest BCUT2D eigenvalue weighted by molar-refractivity contribution is -0.136. The summed E-state index contributed by atoms with van der Waals surface area (Å²) >= 11 is 9.21. The Morgan fingerprint density at radius 2 is 1.89 bits per heavy atom. The summed E-state index contributed by atoms with van der Waals surface area (Å²) in [6.07, 6.45) is 1.44. The maximum absolute atomic E-state index is 13.4. The van der Waals surface area contributed by atoms with Crippen LogP contribution in [0.25, 0.3) is 6.08 Å². The van der Waals surface area contributed by atoms with E-state index in [0.717, 1.165) is 4.47 Å². The van der Waals surface area contributed by atoms with Crippen LogP contribution in [-0.4, -0.2) is 27.4 Å². The minimum atomic E-state index is -3.79. The number of benzene rings is 2. The number of rotatable bonds is 7. The SMILES string of the molecule is COC(=O)C1=C(C)N(c2cccc(Br)c2)C(=O)/C1=C/c1ccc(CNS(=O)(=O)c2ccc(Cl)cc2)o1. The predicted octanol–water partition coefficient (Wildman–Crippen LogP) is 5.05. The van der Waals surface area contributed by atoms with Crippen LogP contribution in [0.15, 0.2) is 91.3 Å². The zero-order chi connectivity index (χ0) is 26.0. The third kappa shape index (κ3) is 5.31. The van der Waals surface area contributed by atoms with E-state index in [1.54, 1.807) is 37.3 Å². The second kappa shape index (κ2) is 10.4. The van der Waals surface area contributed by atoms with E-state index in [2.05, 4.69) is 20.7 Å². The predicted molar refractivity (Wildman–Crippen MR) is 139 cm³/mol. The van der Waals surface area contributed by atoms with Gasteiger partial charge in [0.2, 0.25) is 10.0 Å². The molecule has 2 heterocycles. The van der Waals surface area contributed by atoms with Crippen molar-refractivity contribution in [3.05, 3.63) is 98.5 Å². The molecule has 0 saturated carbocycles. The minimum Gasteiger partial charge on any atom is -0.465 e. The summed E-state index contributed by atoms with van der Waals surface area (Å²) in [5.74, 6) is -0.502. The fourth-order valence-corrected chi connectivity index (χ4v) is 5.19.